The fraction of sp³-hybridized carbons (Fsp3) is 0.846. The maximum absolute atomic E-state index is 12.2. The second-order valence-corrected chi connectivity index (χ2v) is 5.04. The fourth-order valence-electron chi connectivity index (χ4n) is 2.83. The molecule has 0 aromatic heterocycles. The topological polar surface area (TPSA) is 40.6 Å². The van der Waals surface area contributed by atoms with Crippen LogP contribution in [0, 0.1) is 5.92 Å². The van der Waals surface area contributed by atoms with Crippen LogP contribution < -0.4 is 0 Å². The lowest BCUT2D eigenvalue weighted by atomic mass is 10.1. The summed E-state index contributed by atoms with van der Waals surface area (Å²) in [7, 11) is 0. The van der Waals surface area contributed by atoms with Crippen LogP contribution >= 0.6 is 0 Å². The summed E-state index contributed by atoms with van der Waals surface area (Å²) >= 11 is 0. The van der Waals surface area contributed by atoms with Gasteiger partial charge >= 0.3 is 0 Å². The molecule has 0 aromatic carbocycles. The molecule has 1 heterocycles. The van der Waals surface area contributed by atoms with Crippen LogP contribution in [0.15, 0.2) is 0 Å². The summed E-state index contributed by atoms with van der Waals surface area (Å²) < 4.78 is 0. The standard InChI is InChI=1S/C13H22N2O2/c1-2-12(16)14-7-9-15(10-8-14)13(17)11-5-3-4-6-11/h11H,2-10H2,1H3. The van der Waals surface area contributed by atoms with Gasteiger partial charge in [0.25, 0.3) is 0 Å². The van der Waals surface area contributed by atoms with Crippen LogP contribution in [0.25, 0.3) is 0 Å². The van der Waals surface area contributed by atoms with E-state index in [9.17, 15) is 9.59 Å². The average Bonchev–Trinajstić information content (AvgIpc) is 2.91. The molecule has 0 unspecified atom stereocenters. The zero-order valence-corrected chi connectivity index (χ0v) is 10.7. The molecule has 0 spiro atoms. The van der Waals surface area contributed by atoms with Gasteiger partial charge in [-0.15, -0.1) is 0 Å². The van der Waals surface area contributed by atoms with Crippen LogP contribution in [-0.2, 0) is 9.59 Å². The van der Waals surface area contributed by atoms with Crippen molar-refractivity contribution in [1.29, 1.82) is 0 Å². The molecular formula is C13H22N2O2. The zero-order chi connectivity index (χ0) is 12.3. The Hall–Kier alpha value is -1.06. The van der Waals surface area contributed by atoms with Crippen molar-refractivity contribution in [2.75, 3.05) is 26.2 Å². The van der Waals surface area contributed by atoms with E-state index in [1.54, 1.807) is 0 Å². The lowest BCUT2D eigenvalue weighted by Gasteiger charge is -2.35. The SMILES string of the molecule is CCC(=O)N1CCN(C(=O)C2CCCC2)CC1. The Bertz CT molecular complexity index is 290. The molecule has 0 aromatic rings. The smallest absolute Gasteiger partial charge is 0.225 e. The minimum atomic E-state index is 0.206. The van der Waals surface area contributed by atoms with Gasteiger partial charge in [0, 0.05) is 38.5 Å². The number of rotatable bonds is 2. The van der Waals surface area contributed by atoms with Gasteiger partial charge < -0.3 is 9.80 Å². The summed E-state index contributed by atoms with van der Waals surface area (Å²) in [5, 5.41) is 0. The largest absolute Gasteiger partial charge is 0.339 e. The molecule has 96 valence electrons. The molecule has 2 fully saturated rings. The quantitative estimate of drug-likeness (QED) is 0.726. The molecule has 1 saturated heterocycles. The molecule has 2 rings (SSSR count). The number of carbonyl (C=O) groups is 2. The van der Waals surface area contributed by atoms with Crippen LogP contribution in [0.3, 0.4) is 0 Å². The van der Waals surface area contributed by atoms with E-state index in [1.165, 1.54) is 12.8 Å². The third kappa shape index (κ3) is 2.79. The van der Waals surface area contributed by atoms with E-state index < -0.39 is 0 Å². The van der Waals surface area contributed by atoms with E-state index in [-0.39, 0.29) is 11.8 Å². The number of amides is 2. The Morgan fingerprint density at radius 1 is 1.00 bits per heavy atom. The molecule has 1 saturated carbocycles. The van der Waals surface area contributed by atoms with E-state index >= 15 is 0 Å². The van der Waals surface area contributed by atoms with Gasteiger partial charge in [0.1, 0.15) is 0 Å². The van der Waals surface area contributed by atoms with Crippen LogP contribution in [0.5, 0.6) is 0 Å². The minimum Gasteiger partial charge on any atom is -0.339 e. The van der Waals surface area contributed by atoms with Crippen LogP contribution in [-0.4, -0.2) is 47.8 Å². The molecule has 2 aliphatic rings. The van der Waals surface area contributed by atoms with Gasteiger partial charge in [0.2, 0.25) is 11.8 Å². The van der Waals surface area contributed by atoms with Crippen molar-refractivity contribution in [3.05, 3.63) is 0 Å². The predicted molar refractivity (Wildman–Crippen MR) is 65.4 cm³/mol. The predicted octanol–water partition coefficient (Wildman–Crippen LogP) is 1.26. The van der Waals surface area contributed by atoms with Gasteiger partial charge in [-0.05, 0) is 12.8 Å². The molecule has 1 aliphatic heterocycles. The highest BCUT2D eigenvalue weighted by Crippen LogP contribution is 2.26. The van der Waals surface area contributed by atoms with Crippen LogP contribution in [0.4, 0.5) is 0 Å². The minimum absolute atomic E-state index is 0.206. The molecule has 4 heteroatoms. The second kappa shape index (κ2) is 5.52. The summed E-state index contributed by atoms with van der Waals surface area (Å²) in [6.45, 7) is 4.76. The summed E-state index contributed by atoms with van der Waals surface area (Å²) in [5.74, 6) is 0.799. The van der Waals surface area contributed by atoms with Gasteiger partial charge in [-0.25, -0.2) is 0 Å². The Morgan fingerprint density at radius 3 is 2.06 bits per heavy atom. The molecule has 0 N–H and O–H groups in total. The maximum atomic E-state index is 12.2. The zero-order valence-electron chi connectivity index (χ0n) is 10.7. The van der Waals surface area contributed by atoms with Gasteiger partial charge in [0.15, 0.2) is 0 Å². The average molecular weight is 238 g/mol. The molecule has 2 amide bonds. The van der Waals surface area contributed by atoms with E-state index in [4.69, 9.17) is 0 Å². The third-order valence-corrected chi connectivity index (χ3v) is 3.95. The van der Waals surface area contributed by atoms with E-state index in [1.807, 2.05) is 16.7 Å². The van der Waals surface area contributed by atoms with Crippen molar-refractivity contribution in [3.8, 4) is 0 Å². The van der Waals surface area contributed by atoms with E-state index in [0.717, 1.165) is 25.9 Å². The van der Waals surface area contributed by atoms with Crippen molar-refractivity contribution in [3.63, 3.8) is 0 Å². The summed E-state index contributed by atoms with van der Waals surface area (Å²) in [6.07, 6.45) is 5.09. The lowest BCUT2D eigenvalue weighted by Crippen LogP contribution is -2.51. The van der Waals surface area contributed by atoms with Gasteiger partial charge in [-0.3, -0.25) is 9.59 Å². The molecule has 17 heavy (non-hydrogen) atoms. The first kappa shape index (κ1) is 12.4. The molecule has 0 bridgehead atoms. The summed E-state index contributed by atoms with van der Waals surface area (Å²) in [6, 6.07) is 0. The van der Waals surface area contributed by atoms with Crippen LogP contribution in [0.1, 0.15) is 39.0 Å². The summed E-state index contributed by atoms with van der Waals surface area (Å²) in [4.78, 5) is 27.5. The molecule has 0 radical (unpaired) electrons. The van der Waals surface area contributed by atoms with Gasteiger partial charge in [0.05, 0.1) is 0 Å². The van der Waals surface area contributed by atoms with Crippen molar-refractivity contribution >= 4 is 11.8 Å². The Labute approximate surface area is 103 Å². The highest BCUT2D eigenvalue weighted by molar-refractivity contribution is 5.80. The van der Waals surface area contributed by atoms with Gasteiger partial charge in [-0.1, -0.05) is 19.8 Å². The van der Waals surface area contributed by atoms with E-state index in [0.29, 0.717) is 25.4 Å². The molecule has 4 nitrogen and oxygen atoms in total. The van der Waals surface area contributed by atoms with Gasteiger partial charge in [-0.2, -0.15) is 0 Å². The van der Waals surface area contributed by atoms with Crippen molar-refractivity contribution in [2.24, 2.45) is 5.92 Å². The van der Waals surface area contributed by atoms with Crippen molar-refractivity contribution < 1.29 is 9.59 Å². The Morgan fingerprint density at radius 2 is 1.53 bits per heavy atom. The summed E-state index contributed by atoms with van der Waals surface area (Å²) in [5.41, 5.74) is 0. The number of carbonyl (C=O) groups excluding carboxylic acids is 2. The van der Waals surface area contributed by atoms with Crippen molar-refractivity contribution in [1.82, 2.24) is 9.80 Å². The molecular weight excluding hydrogens is 216 g/mol. The monoisotopic (exact) mass is 238 g/mol. The number of hydrogen-bond donors (Lipinski definition) is 0. The first-order valence-electron chi connectivity index (χ1n) is 6.79. The fourth-order valence-corrected chi connectivity index (χ4v) is 2.83. The highest BCUT2D eigenvalue weighted by Gasteiger charge is 2.29. The number of hydrogen-bond acceptors (Lipinski definition) is 2. The lowest BCUT2D eigenvalue weighted by molar-refractivity contribution is -0.141. The Kier molecular flexibility index (Phi) is 4.02. The van der Waals surface area contributed by atoms with E-state index in [2.05, 4.69) is 0 Å². The first-order valence-corrected chi connectivity index (χ1v) is 6.79. The normalized spacial score (nSPS) is 21.9. The Balaban J connectivity index is 1.82. The first-order chi connectivity index (χ1) is 8.22. The van der Waals surface area contributed by atoms with Crippen LogP contribution in [0.2, 0.25) is 0 Å². The second-order valence-electron chi connectivity index (χ2n) is 5.04. The van der Waals surface area contributed by atoms with Crippen molar-refractivity contribution in [2.45, 2.75) is 39.0 Å². The number of nitrogens with zero attached hydrogens (tertiary/aromatic N) is 2. The number of piperazine rings is 1. The third-order valence-electron chi connectivity index (χ3n) is 3.95. The maximum Gasteiger partial charge on any atom is 0.225 e. The molecule has 0 atom stereocenters. The molecule has 1 aliphatic carbocycles. The highest BCUT2D eigenvalue weighted by atomic mass is 16.2.